The molecular weight excluding hydrogens is 459 g/mol. The summed E-state index contributed by atoms with van der Waals surface area (Å²) in [5.74, 6) is -0.547. The largest absolute Gasteiger partial charge is 0.454 e. The zero-order valence-electron chi connectivity index (χ0n) is 18.3. The lowest BCUT2D eigenvalue weighted by molar-refractivity contribution is 0.0303. The second kappa shape index (κ2) is 8.66. The molecule has 1 aliphatic rings. The van der Waals surface area contributed by atoms with Crippen LogP contribution in [0.1, 0.15) is 10.4 Å². The molecule has 5 rings (SSSR count). The van der Waals surface area contributed by atoms with Gasteiger partial charge in [0.15, 0.2) is 15.4 Å². The highest BCUT2D eigenvalue weighted by atomic mass is 32.2. The van der Waals surface area contributed by atoms with Gasteiger partial charge in [0, 0.05) is 48.3 Å². The SMILES string of the molecule is CS(=O)(=O)c1ccc(-c2cc3nccc(-c4cccc(C(=O)N5CCOCC5)c4)c3o2)cc1F. The van der Waals surface area contributed by atoms with Gasteiger partial charge in [0.25, 0.3) is 5.91 Å². The Kier molecular flexibility index (Phi) is 5.66. The van der Waals surface area contributed by atoms with Crippen LogP contribution in [0, 0.1) is 5.82 Å². The van der Waals surface area contributed by atoms with E-state index in [0.29, 0.717) is 54.3 Å². The summed E-state index contributed by atoms with van der Waals surface area (Å²) in [6.45, 7) is 2.16. The van der Waals surface area contributed by atoms with E-state index in [0.717, 1.165) is 23.4 Å². The maximum Gasteiger partial charge on any atom is 0.254 e. The molecule has 0 unspecified atom stereocenters. The fourth-order valence-electron chi connectivity index (χ4n) is 4.03. The van der Waals surface area contributed by atoms with Crippen molar-refractivity contribution in [3.63, 3.8) is 0 Å². The first kappa shape index (κ1) is 22.2. The molecule has 2 aromatic heterocycles. The number of hydrogen-bond acceptors (Lipinski definition) is 6. The van der Waals surface area contributed by atoms with Crippen molar-refractivity contribution >= 4 is 26.8 Å². The van der Waals surface area contributed by atoms with E-state index in [2.05, 4.69) is 4.98 Å². The third-order valence-corrected chi connectivity index (χ3v) is 6.88. The Bertz CT molecular complexity index is 1510. The lowest BCUT2D eigenvalue weighted by Crippen LogP contribution is -2.40. The van der Waals surface area contributed by atoms with E-state index in [1.165, 1.54) is 12.1 Å². The number of aromatic nitrogens is 1. The molecule has 174 valence electrons. The van der Waals surface area contributed by atoms with E-state index in [4.69, 9.17) is 9.15 Å². The van der Waals surface area contributed by atoms with E-state index < -0.39 is 15.7 Å². The molecule has 0 spiro atoms. The van der Waals surface area contributed by atoms with Gasteiger partial charge in [-0.3, -0.25) is 9.78 Å². The summed E-state index contributed by atoms with van der Waals surface area (Å²) in [7, 11) is -3.68. The molecule has 1 amide bonds. The van der Waals surface area contributed by atoms with E-state index >= 15 is 0 Å². The topological polar surface area (TPSA) is 89.7 Å². The zero-order valence-corrected chi connectivity index (χ0v) is 19.1. The third kappa shape index (κ3) is 4.20. The molecule has 1 aliphatic heterocycles. The first-order chi connectivity index (χ1) is 16.3. The first-order valence-electron chi connectivity index (χ1n) is 10.7. The van der Waals surface area contributed by atoms with Crippen LogP contribution in [-0.4, -0.2) is 56.8 Å². The highest BCUT2D eigenvalue weighted by Crippen LogP contribution is 2.34. The second-order valence-corrected chi connectivity index (χ2v) is 10.1. The fraction of sp³-hybridized carbons (Fsp3) is 0.200. The molecule has 1 fully saturated rings. The van der Waals surface area contributed by atoms with E-state index in [-0.39, 0.29) is 10.8 Å². The Hall–Kier alpha value is -3.56. The standard InChI is InChI=1S/C25H21FN2O5S/c1-34(30,31)23-6-5-17(14-20(23)26)22-15-21-24(33-22)19(7-8-27-21)16-3-2-4-18(13-16)25(29)28-9-11-32-12-10-28/h2-8,13-15H,9-12H2,1H3. The molecule has 4 aromatic rings. The Morgan fingerprint density at radius 3 is 2.56 bits per heavy atom. The lowest BCUT2D eigenvalue weighted by Gasteiger charge is -2.27. The molecule has 0 atom stereocenters. The quantitative estimate of drug-likeness (QED) is 0.435. The summed E-state index contributed by atoms with van der Waals surface area (Å²) in [6.07, 6.45) is 2.60. The van der Waals surface area contributed by atoms with E-state index in [1.807, 2.05) is 18.2 Å². The van der Waals surface area contributed by atoms with Gasteiger partial charge in [0.05, 0.1) is 13.2 Å². The minimum absolute atomic E-state index is 0.0583. The van der Waals surface area contributed by atoms with Crippen LogP contribution in [0.3, 0.4) is 0 Å². The van der Waals surface area contributed by atoms with Crippen LogP contribution < -0.4 is 0 Å². The summed E-state index contributed by atoms with van der Waals surface area (Å²) in [5, 5.41) is 0. The number of carbonyl (C=O) groups excluding carboxylic acids is 1. The van der Waals surface area contributed by atoms with Gasteiger partial charge in [0.1, 0.15) is 22.0 Å². The summed E-state index contributed by atoms with van der Waals surface area (Å²) < 4.78 is 49.2. The van der Waals surface area contributed by atoms with Crippen molar-refractivity contribution in [3.05, 3.63) is 72.2 Å². The predicted molar refractivity (Wildman–Crippen MR) is 125 cm³/mol. The predicted octanol–water partition coefficient (Wildman–Crippen LogP) is 4.18. The molecule has 0 radical (unpaired) electrons. The minimum atomic E-state index is -3.68. The number of pyridine rings is 1. The maximum absolute atomic E-state index is 14.4. The Balaban J connectivity index is 1.53. The van der Waals surface area contributed by atoms with Gasteiger partial charge in [-0.25, -0.2) is 12.8 Å². The highest BCUT2D eigenvalue weighted by Gasteiger charge is 2.20. The van der Waals surface area contributed by atoms with Crippen molar-refractivity contribution in [1.82, 2.24) is 9.88 Å². The van der Waals surface area contributed by atoms with Crippen LogP contribution in [-0.2, 0) is 14.6 Å². The molecule has 0 bridgehead atoms. The molecule has 0 aliphatic carbocycles. The molecule has 7 nitrogen and oxygen atoms in total. The molecule has 0 saturated carbocycles. The Morgan fingerprint density at radius 1 is 1.03 bits per heavy atom. The van der Waals surface area contributed by atoms with Gasteiger partial charge < -0.3 is 14.1 Å². The molecule has 1 saturated heterocycles. The molecule has 3 heterocycles. The summed E-state index contributed by atoms with van der Waals surface area (Å²) >= 11 is 0. The number of halogens is 1. The number of carbonyl (C=O) groups is 1. The van der Waals surface area contributed by atoms with Crippen LogP contribution in [0.25, 0.3) is 33.6 Å². The number of benzene rings is 2. The van der Waals surface area contributed by atoms with E-state index in [1.54, 1.807) is 29.3 Å². The number of sulfone groups is 1. The van der Waals surface area contributed by atoms with Crippen molar-refractivity contribution in [2.45, 2.75) is 4.90 Å². The molecule has 34 heavy (non-hydrogen) atoms. The monoisotopic (exact) mass is 480 g/mol. The average molecular weight is 481 g/mol. The average Bonchev–Trinajstić information content (AvgIpc) is 3.28. The number of rotatable bonds is 4. The lowest BCUT2D eigenvalue weighted by atomic mass is 10.0. The van der Waals surface area contributed by atoms with Crippen LogP contribution in [0.2, 0.25) is 0 Å². The van der Waals surface area contributed by atoms with Gasteiger partial charge in [-0.15, -0.1) is 0 Å². The normalized spacial score (nSPS) is 14.5. The first-order valence-corrected chi connectivity index (χ1v) is 12.6. The second-order valence-electron chi connectivity index (χ2n) is 8.09. The van der Waals surface area contributed by atoms with Crippen LogP contribution >= 0.6 is 0 Å². The Labute approximate surface area is 195 Å². The Morgan fingerprint density at radius 2 is 1.82 bits per heavy atom. The van der Waals surface area contributed by atoms with Crippen LogP contribution in [0.15, 0.2) is 70.1 Å². The highest BCUT2D eigenvalue weighted by molar-refractivity contribution is 7.90. The third-order valence-electron chi connectivity index (χ3n) is 5.75. The van der Waals surface area contributed by atoms with Gasteiger partial charge >= 0.3 is 0 Å². The number of furan rings is 1. The van der Waals surface area contributed by atoms with Crippen molar-refractivity contribution in [2.24, 2.45) is 0 Å². The number of amides is 1. The van der Waals surface area contributed by atoms with Gasteiger partial charge in [-0.1, -0.05) is 12.1 Å². The molecule has 0 N–H and O–H groups in total. The molecule has 2 aromatic carbocycles. The maximum atomic E-state index is 14.4. The van der Waals surface area contributed by atoms with Crippen molar-refractivity contribution in [3.8, 4) is 22.5 Å². The summed E-state index contributed by atoms with van der Waals surface area (Å²) in [5.41, 5.74) is 3.53. The zero-order chi connectivity index (χ0) is 23.9. The van der Waals surface area contributed by atoms with Gasteiger partial charge in [0.2, 0.25) is 0 Å². The van der Waals surface area contributed by atoms with Crippen molar-refractivity contribution < 1.29 is 26.8 Å². The minimum Gasteiger partial charge on any atom is -0.454 e. The van der Waals surface area contributed by atoms with Crippen LogP contribution in [0.5, 0.6) is 0 Å². The smallest absolute Gasteiger partial charge is 0.254 e. The number of nitrogens with zero attached hydrogens (tertiary/aromatic N) is 2. The van der Waals surface area contributed by atoms with Crippen molar-refractivity contribution in [2.75, 3.05) is 32.6 Å². The van der Waals surface area contributed by atoms with E-state index in [9.17, 15) is 17.6 Å². The number of hydrogen-bond donors (Lipinski definition) is 0. The van der Waals surface area contributed by atoms with Gasteiger partial charge in [-0.2, -0.15) is 0 Å². The fourth-order valence-corrected chi connectivity index (χ4v) is 4.76. The number of ether oxygens (including phenoxy) is 1. The van der Waals surface area contributed by atoms with Gasteiger partial charge in [-0.05, 0) is 42.0 Å². The number of morpholine rings is 1. The number of fused-ring (bicyclic) bond motifs is 1. The molecular formula is C25H21FN2O5S. The van der Waals surface area contributed by atoms with Crippen molar-refractivity contribution in [1.29, 1.82) is 0 Å². The molecule has 9 heteroatoms. The summed E-state index contributed by atoms with van der Waals surface area (Å²) in [6, 6.07) is 14.6. The summed E-state index contributed by atoms with van der Waals surface area (Å²) in [4.78, 5) is 18.7. The van der Waals surface area contributed by atoms with Crippen LogP contribution in [0.4, 0.5) is 4.39 Å².